The van der Waals surface area contributed by atoms with Gasteiger partial charge >= 0.3 is 0 Å². The van der Waals surface area contributed by atoms with Gasteiger partial charge in [-0.3, -0.25) is 9.59 Å². The fourth-order valence-corrected chi connectivity index (χ4v) is 2.54. The van der Waals surface area contributed by atoms with Gasteiger partial charge in [0.1, 0.15) is 5.82 Å². The molecule has 7 nitrogen and oxygen atoms in total. The summed E-state index contributed by atoms with van der Waals surface area (Å²) in [6.45, 7) is 1.98. The number of nitrogens with one attached hydrogen (secondary N) is 2. The first kappa shape index (κ1) is 17.6. The molecule has 0 atom stereocenters. The number of halogens is 1. The number of hydrogen-bond acceptors (Lipinski definition) is 4. The van der Waals surface area contributed by atoms with Gasteiger partial charge in [-0.05, 0) is 29.8 Å². The molecule has 8 heteroatoms. The Morgan fingerprint density at radius 2 is 1.96 bits per heavy atom. The summed E-state index contributed by atoms with van der Waals surface area (Å²) in [5, 5.41) is 5.93. The summed E-state index contributed by atoms with van der Waals surface area (Å²) in [7, 11) is 0. The van der Waals surface area contributed by atoms with E-state index in [1.165, 1.54) is 13.1 Å². The number of carbonyl (C=O) groups excluding carboxylic acids is 2. The van der Waals surface area contributed by atoms with E-state index < -0.39 is 0 Å². The molecule has 2 N–H and O–H groups in total. The Morgan fingerprint density at radius 3 is 2.65 bits per heavy atom. The molecule has 0 spiro atoms. The van der Waals surface area contributed by atoms with Crippen molar-refractivity contribution in [3.8, 4) is 0 Å². The van der Waals surface area contributed by atoms with Crippen LogP contribution in [0.1, 0.15) is 22.8 Å². The number of anilines is 2. The Hall–Kier alpha value is -3.19. The van der Waals surface area contributed by atoms with Crippen LogP contribution >= 0.6 is 11.6 Å². The third-order valence-electron chi connectivity index (χ3n) is 3.46. The van der Waals surface area contributed by atoms with Crippen LogP contribution in [-0.2, 0) is 11.3 Å². The van der Waals surface area contributed by atoms with Gasteiger partial charge in [0.25, 0.3) is 5.91 Å². The summed E-state index contributed by atoms with van der Waals surface area (Å²) in [4.78, 5) is 31.4. The molecule has 2 amide bonds. The Labute approximate surface area is 155 Å². The molecule has 132 valence electrons. The highest BCUT2D eigenvalue weighted by Crippen LogP contribution is 2.13. The van der Waals surface area contributed by atoms with E-state index in [1.807, 2.05) is 28.8 Å². The topological polar surface area (TPSA) is 88.9 Å². The van der Waals surface area contributed by atoms with Crippen LogP contribution in [0.4, 0.5) is 11.6 Å². The lowest BCUT2D eigenvalue weighted by Crippen LogP contribution is -2.13. The Bertz CT molecular complexity index is 937. The molecular formula is C18H16ClN5O2. The molecule has 2 heterocycles. The lowest BCUT2D eigenvalue weighted by atomic mass is 10.2. The van der Waals surface area contributed by atoms with E-state index in [9.17, 15) is 9.59 Å². The fraction of sp³-hybridized carbons (Fsp3) is 0.111. The largest absolute Gasteiger partial charge is 0.331 e. The summed E-state index contributed by atoms with van der Waals surface area (Å²) >= 11 is 5.98. The highest BCUT2D eigenvalue weighted by Gasteiger charge is 2.09. The molecule has 0 bridgehead atoms. The number of nitrogens with zero attached hydrogens (tertiary/aromatic N) is 3. The van der Waals surface area contributed by atoms with Crippen molar-refractivity contribution in [3.63, 3.8) is 0 Å². The highest BCUT2D eigenvalue weighted by molar-refractivity contribution is 6.30. The Kier molecular flexibility index (Phi) is 5.28. The zero-order valence-corrected chi connectivity index (χ0v) is 14.7. The standard InChI is InChI=1S/C18H16ClN5O2/c1-12(25)22-16-6-5-14(8-20-16)18(26)23-17-10-24(11-21-17)9-13-3-2-4-15(19)7-13/h2-8,10-11H,9H2,1H3,(H,23,26)(H,20,22,25). The van der Waals surface area contributed by atoms with Crippen molar-refractivity contribution in [1.29, 1.82) is 0 Å². The minimum atomic E-state index is -0.333. The first-order valence-corrected chi connectivity index (χ1v) is 8.18. The van der Waals surface area contributed by atoms with Crippen molar-refractivity contribution in [3.05, 3.63) is 71.3 Å². The van der Waals surface area contributed by atoms with Gasteiger partial charge in [0, 0.05) is 30.9 Å². The summed E-state index contributed by atoms with van der Waals surface area (Å²) in [6, 6.07) is 10.7. The van der Waals surface area contributed by atoms with Crippen LogP contribution in [0, 0.1) is 0 Å². The van der Waals surface area contributed by atoms with Gasteiger partial charge < -0.3 is 15.2 Å². The van der Waals surface area contributed by atoms with Gasteiger partial charge in [0.05, 0.1) is 11.9 Å². The second-order valence-electron chi connectivity index (χ2n) is 5.63. The first-order valence-electron chi connectivity index (χ1n) is 7.81. The normalized spacial score (nSPS) is 10.4. The predicted molar refractivity (Wildman–Crippen MR) is 99.3 cm³/mol. The second kappa shape index (κ2) is 7.79. The number of aromatic nitrogens is 3. The van der Waals surface area contributed by atoms with Gasteiger partial charge in [-0.25, -0.2) is 9.97 Å². The number of carbonyl (C=O) groups is 2. The first-order chi connectivity index (χ1) is 12.5. The molecule has 3 rings (SSSR count). The number of imidazole rings is 1. The molecular weight excluding hydrogens is 354 g/mol. The van der Waals surface area contributed by atoms with Gasteiger partial charge in [-0.1, -0.05) is 23.7 Å². The van der Waals surface area contributed by atoms with E-state index in [0.717, 1.165) is 5.56 Å². The number of rotatable bonds is 5. The fourth-order valence-electron chi connectivity index (χ4n) is 2.33. The average Bonchev–Trinajstić information content (AvgIpc) is 3.02. The zero-order chi connectivity index (χ0) is 18.5. The monoisotopic (exact) mass is 369 g/mol. The number of benzene rings is 1. The van der Waals surface area contributed by atoms with Gasteiger partial charge in [-0.2, -0.15) is 0 Å². The van der Waals surface area contributed by atoms with E-state index in [2.05, 4.69) is 20.6 Å². The molecule has 0 aliphatic carbocycles. The number of pyridine rings is 1. The van der Waals surface area contributed by atoms with Gasteiger partial charge in [-0.15, -0.1) is 0 Å². The lowest BCUT2D eigenvalue weighted by molar-refractivity contribution is -0.114. The van der Waals surface area contributed by atoms with E-state index in [4.69, 9.17) is 11.6 Å². The minimum absolute atomic E-state index is 0.222. The van der Waals surface area contributed by atoms with Crippen LogP contribution < -0.4 is 10.6 Å². The Morgan fingerprint density at radius 1 is 1.12 bits per heavy atom. The summed E-state index contributed by atoms with van der Waals surface area (Å²) in [5.74, 6) is 0.266. The predicted octanol–water partition coefficient (Wildman–Crippen LogP) is 3.19. The van der Waals surface area contributed by atoms with Crippen molar-refractivity contribution in [2.75, 3.05) is 10.6 Å². The van der Waals surface area contributed by atoms with Crippen LogP contribution in [-0.4, -0.2) is 26.3 Å². The van der Waals surface area contributed by atoms with Crippen molar-refractivity contribution in [1.82, 2.24) is 14.5 Å². The van der Waals surface area contributed by atoms with Crippen molar-refractivity contribution in [2.24, 2.45) is 0 Å². The molecule has 2 aromatic heterocycles. The molecule has 26 heavy (non-hydrogen) atoms. The van der Waals surface area contributed by atoms with Crippen molar-refractivity contribution >= 4 is 35.1 Å². The molecule has 0 fully saturated rings. The summed E-state index contributed by atoms with van der Waals surface area (Å²) in [6.07, 6.45) is 4.76. The third-order valence-corrected chi connectivity index (χ3v) is 3.69. The number of amides is 2. The molecule has 0 saturated carbocycles. The minimum Gasteiger partial charge on any atom is -0.331 e. The van der Waals surface area contributed by atoms with Gasteiger partial charge in [0.15, 0.2) is 5.82 Å². The zero-order valence-electron chi connectivity index (χ0n) is 13.9. The van der Waals surface area contributed by atoms with Crippen molar-refractivity contribution < 1.29 is 9.59 Å². The molecule has 1 aromatic carbocycles. The lowest BCUT2D eigenvalue weighted by Gasteiger charge is -2.04. The maximum Gasteiger partial charge on any atom is 0.258 e. The Balaban J connectivity index is 1.63. The molecule has 0 aliphatic heterocycles. The average molecular weight is 370 g/mol. The van der Waals surface area contributed by atoms with Crippen LogP contribution in [0.3, 0.4) is 0 Å². The van der Waals surface area contributed by atoms with E-state index in [-0.39, 0.29) is 11.8 Å². The second-order valence-corrected chi connectivity index (χ2v) is 6.07. The SMILES string of the molecule is CC(=O)Nc1ccc(C(=O)Nc2cn(Cc3cccc(Cl)c3)cn2)cn1. The summed E-state index contributed by atoms with van der Waals surface area (Å²) < 4.78 is 1.85. The molecule has 0 saturated heterocycles. The quantitative estimate of drug-likeness (QED) is 0.722. The van der Waals surface area contributed by atoms with Crippen molar-refractivity contribution in [2.45, 2.75) is 13.5 Å². The van der Waals surface area contributed by atoms with E-state index in [0.29, 0.717) is 28.8 Å². The highest BCUT2D eigenvalue weighted by atomic mass is 35.5. The molecule has 3 aromatic rings. The third kappa shape index (κ3) is 4.67. The smallest absolute Gasteiger partial charge is 0.258 e. The summed E-state index contributed by atoms with van der Waals surface area (Å²) in [5.41, 5.74) is 1.40. The van der Waals surface area contributed by atoms with Crippen LogP contribution in [0.5, 0.6) is 0 Å². The molecule has 0 radical (unpaired) electrons. The number of hydrogen-bond donors (Lipinski definition) is 2. The van der Waals surface area contributed by atoms with Crippen LogP contribution in [0.25, 0.3) is 0 Å². The van der Waals surface area contributed by atoms with E-state index in [1.54, 1.807) is 24.7 Å². The maximum absolute atomic E-state index is 12.3. The molecule has 0 unspecified atom stereocenters. The van der Waals surface area contributed by atoms with Crippen LogP contribution in [0.2, 0.25) is 5.02 Å². The van der Waals surface area contributed by atoms with E-state index >= 15 is 0 Å². The maximum atomic E-state index is 12.3. The van der Waals surface area contributed by atoms with Gasteiger partial charge in [0.2, 0.25) is 5.91 Å². The molecule has 0 aliphatic rings. The van der Waals surface area contributed by atoms with Crippen LogP contribution in [0.15, 0.2) is 55.1 Å².